The Morgan fingerprint density at radius 2 is 2.12 bits per heavy atom. The maximum Gasteiger partial charge on any atom is 0.184 e. The molecule has 0 N–H and O–H groups in total. The zero-order valence-electron chi connectivity index (χ0n) is 10.1. The van der Waals surface area contributed by atoms with Crippen LogP contribution in [-0.2, 0) is 7.05 Å². The fourth-order valence-corrected chi connectivity index (χ4v) is 2.03. The average Bonchev–Trinajstić information content (AvgIpc) is 2.67. The van der Waals surface area contributed by atoms with E-state index in [9.17, 15) is 4.79 Å². The summed E-state index contributed by atoms with van der Waals surface area (Å²) >= 11 is 0. The molecule has 1 aliphatic rings. The van der Waals surface area contributed by atoms with E-state index < -0.39 is 0 Å². The molecule has 1 aromatic heterocycles. The summed E-state index contributed by atoms with van der Waals surface area (Å²) in [5.74, 6) is 0.169. The van der Waals surface area contributed by atoms with Gasteiger partial charge in [-0.25, -0.2) is 0 Å². The summed E-state index contributed by atoms with van der Waals surface area (Å²) in [5, 5.41) is 4.04. The van der Waals surface area contributed by atoms with E-state index in [4.69, 9.17) is 0 Å². The maximum absolute atomic E-state index is 12.2. The Balaban J connectivity index is 2.14. The first-order chi connectivity index (χ1) is 7.58. The molecule has 2 rings (SSSR count). The van der Waals surface area contributed by atoms with Gasteiger partial charge in [-0.15, -0.1) is 0 Å². The minimum Gasteiger partial charge on any atom is -0.303 e. The van der Waals surface area contributed by atoms with Gasteiger partial charge in [0.15, 0.2) is 5.78 Å². The Hall–Kier alpha value is -1.20. The second kappa shape index (κ2) is 4.35. The summed E-state index contributed by atoms with van der Waals surface area (Å²) in [7, 11) is 5.88. The van der Waals surface area contributed by atoms with E-state index in [1.54, 1.807) is 17.1 Å². The van der Waals surface area contributed by atoms with Crippen molar-refractivity contribution in [3.8, 4) is 0 Å². The lowest BCUT2D eigenvalue weighted by Gasteiger charge is -2.36. The lowest BCUT2D eigenvalue weighted by atomic mass is 10.0. The molecule has 1 unspecified atom stereocenters. The minimum absolute atomic E-state index is 0.0389. The molecule has 1 aromatic rings. The Labute approximate surface area is 95.6 Å². The number of nitrogens with zero attached hydrogens (tertiary/aromatic N) is 4. The molecule has 0 bridgehead atoms. The number of carbonyl (C=O) groups is 1. The van der Waals surface area contributed by atoms with Gasteiger partial charge in [0.1, 0.15) is 0 Å². The maximum atomic E-state index is 12.2. The topological polar surface area (TPSA) is 41.4 Å². The van der Waals surface area contributed by atoms with E-state index in [0.717, 1.165) is 19.6 Å². The highest BCUT2D eigenvalue weighted by Gasteiger charge is 2.29. The van der Waals surface area contributed by atoms with Crippen molar-refractivity contribution in [1.82, 2.24) is 19.6 Å². The van der Waals surface area contributed by atoms with Crippen LogP contribution in [0.3, 0.4) is 0 Å². The molecular formula is C11H18N4O. The SMILES string of the molecule is CN1CCN(C)C(C(=O)c2cnn(C)c2)C1. The molecule has 0 aromatic carbocycles. The van der Waals surface area contributed by atoms with Crippen molar-refractivity contribution in [2.75, 3.05) is 33.7 Å². The molecule has 0 spiro atoms. The second-order valence-corrected chi connectivity index (χ2v) is 4.53. The monoisotopic (exact) mass is 222 g/mol. The molecule has 5 nitrogen and oxygen atoms in total. The van der Waals surface area contributed by atoms with Gasteiger partial charge in [0.2, 0.25) is 0 Å². The zero-order valence-corrected chi connectivity index (χ0v) is 10.1. The van der Waals surface area contributed by atoms with Gasteiger partial charge < -0.3 is 4.90 Å². The molecule has 1 saturated heterocycles. The van der Waals surface area contributed by atoms with Crippen LogP contribution >= 0.6 is 0 Å². The summed E-state index contributed by atoms with van der Waals surface area (Å²) in [4.78, 5) is 16.6. The van der Waals surface area contributed by atoms with Crippen LogP contribution in [-0.4, -0.2) is 65.1 Å². The quantitative estimate of drug-likeness (QED) is 0.653. The summed E-state index contributed by atoms with van der Waals surface area (Å²) in [6.07, 6.45) is 3.43. The predicted molar refractivity (Wildman–Crippen MR) is 61.5 cm³/mol. The highest BCUT2D eigenvalue weighted by Crippen LogP contribution is 2.12. The molecule has 16 heavy (non-hydrogen) atoms. The number of ketones is 1. The molecule has 5 heteroatoms. The molecule has 1 atom stereocenters. The van der Waals surface area contributed by atoms with Crippen LogP contribution in [0.1, 0.15) is 10.4 Å². The zero-order chi connectivity index (χ0) is 11.7. The fourth-order valence-electron chi connectivity index (χ4n) is 2.03. The van der Waals surface area contributed by atoms with E-state index in [1.165, 1.54) is 0 Å². The average molecular weight is 222 g/mol. The van der Waals surface area contributed by atoms with Crippen LogP contribution in [0.15, 0.2) is 12.4 Å². The molecular weight excluding hydrogens is 204 g/mol. The third-order valence-electron chi connectivity index (χ3n) is 3.14. The summed E-state index contributed by atoms with van der Waals surface area (Å²) < 4.78 is 1.67. The smallest absolute Gasteiger partial charge is 0.184 e. The number of aromatic nitrogens is 2. The van der Waals surface area contributed by atoms with Crippen LogP contribution in [0.2, 0.25) is 0 Å². The molecule has 1 fully saturated rings. The third kappa shape index (κ3) is 2.15. The molecule has 2 heterocycles. The Bertz CT molecular complexity index is 387. The Morgan fingerprint density at radius 1 is 1.38 bits per heavy atom. The third-order valence-corrected chi connectivity index (χ3v) is 3.14. The largest absolute Gasteiger partial charge is 0.303 e. The van der Waals surface area contributed by atoms with Crippen molar-refractivity contribution in [3.63, 3.8) is 0 Å². The summed E-state index contributed by atoms with van der Waals surface area (Å²) in [5.41, 5.74) is 0.703. The first kappa shape index (κ1) is 11.3. The number of hydrogen-bond acceptors (Lipinski definition) is 4. The van der Waals surface area contributed by atoms with Crippen molar-refractivity contribution in [1.29, 1.82) is 0 Å². The molecule has 0 aliphatic carbocycles. The van der Waals surface area contributed by atoms with Gasteiger partial charge in [-0.05, 0) is 14.1 Å². The van der Waals surface area contributed by atoms with Crippen molar-refractivity contribution >= 4 is 5.78 Å². The van der Waals surface area contributed by atoms with Gasteiger partial charge in [0.05, 0.1) is 17.8 Å². The Kier molecular flexibility index (Phi) is 3.07. The first-order valence-electron chi connectivity index (χ1n) is 5.49. The van der Waals surface area contributed by atoms with E-state index in [0.29, 0.717) is 5.56 Å². The highest BCUT2D eigenvalue weighted by atomic mass is 16.1. The number of hydrogen-bond donors (Lipinski definition) is 0. The van der Waals surface area contributed by atoms with Crippen LogP contribution < -0.4 is 0 Å². The summed E-state index contributed by atoms with van der Waals surface area (Å²) in [6, 6.07) is -0.0389. The molecule has 88 valence electrons. The first-order valence-corrected chi connectivity index (χ1v) is 5.49. The van der Waals surface area contributed by atoms with Crippen molar-refractivity contribution in [2.45, 2.75) is 6.04 Å². The number of carbonyl (C=O) groups excluding carboxylic acids is 1. The normalized spacial score (nSPS) is 23.6. The Morgan fingerprint density at radius 3 is 2.75 bits per heavy atom. The standard InChI is InChI=1S/C11H18N4O/c1-13-4-5-14(2)10(8-13)11(16)9-6-12-15(3)7-9/h6-7,10H,4-5,8H2,1-3H3. The van der Waals surface area contributed by atoms with Gasteiger partial charge in [0, 0.05) is 32.9 Å². The van der Waals surface area contributed by atoms with Gasteiger partial charge in [0.25, 0.3) is 0 Å². The lowest BCUT2D eigenvalue weighted by molar-refractivity contribution is 0.0686. The molecule has 0 amide bonds. The highest BCUT2D eigenvalue weighted by molar-refractivity contribution is 5.99. The van der Waals surface area contributed by atoms with E-state index >= 15 is 0 Å². The predicted octanol–water partition coefficient (Wildman–Crippen LogP) is -0.151. The minimum atomic E-state index is -0.0389. The number of Topliss-reactive ketones (excluding diaryl/α,β-unsaturated/α-hetero) is 1. The van der Waals surface area contributed by atoms with Gasteiger partial charge in [-0.3, -0.25) is 14.4 Å². The van der Waals surface area contributed by atoms with Gasteiger partial charge in [-0.2, -0.15) is 5.10 Å². The van der Waals surface area contributed by atoms with Crippen LogP contribution in [0.25, 0.3) is 0 Å². The van der Waals surface area contributed by atoms with E-state index in [-0.39, 0.29) is 11.8 Å². The molecule has 0 saturated carbocycles. The fraction of sp³-hybridized carbons (Fsp3) is 0.636. The second-order valence-electron chi connectivity index (χ2n) is 4.53. The summed E-state index contributed by atoms with van der Waals surface area (Å²) in [6.45, 7) is 2.75. The van der Waals surface area contributed by atoms with Gasteiger partial charge in [-0.1, -0.05) is 0 Å². The van der Waals surface area contributed by atoms with Crippen LogP contribution in [0.4, 0.5) is 0 Å². The van der Waals surface area contributed by atoms with Crippen molar-refractivity contribution in [3.05, 3.63) is 18.0 Å². The molecule has 1 aliphatic heterocycles. The van der Waals surface area contributed by atoms with E-state index in [2.05, 4.69) is 21.9 Å². The number of likely N-dealkylation sites (N-methyl/N-ethyl adjacent to an activating group) is 2. The lowest BCUT2D eigenvalue weighted by Crippen LogP contribution is -2.53. The number of aryl methyl sites for hydroxylation is 1. The van der Waals surface area contributed by atoms with E-state index in [1.807, 2.05) is 14.1 Å². The van der Waals surface area contributed by atoms with Crippen molar-refractivity contribution in [2.24, 2.45) is 7.05 Å². The number of piperazine rings is 1. The molecule has 0 radical (unpaired) electrons. The van der Waals surface area contributed by atoms with Crippen LogP contribution in [0.5, 0.6) is 0 Å². The van der Waals surface area contributed by atoms with Crippen LogP contribution in [0, 0.1) is 0 Å². The number of rotatable bonds is 2. The van der Waals surface area contributed by atoms with Crippen molar-refractivity contribution < 1.29 is 4.79 Å². The van der Waals surface area contributed by atoms with Gasteiger partial charge >= 0.3 is 0 Å².